The first-order valence-electron chi connectivity index (χ1n) is 15.9. The van der Waals surface area contributed by atoms with Crippen molar-refractivity contribution >= 4 is 19.8 Å². The van der Waals surface area contributed by atoms with E-state index in [2.05, 4.69) is 0 Å². The zero-order valence-electron chi connectivity index (χ0n) is 25.6. The summed E-state index contributed by atoms with van der Waals surface area (Å²) in [5.74, 6) is -0.504. The van der Waals surface area contributed by atoms with Gasteiger partial charge in [-0.1, -0.05) is 62.6 Å². The van der Waals surface area contributed by atoms with Gasteiger partial charge in [-0.3, -0.25) is 9.32 Å². The summed E-state index contributed by atoms with van der Waals surface area (Å²) in [5, 5.41) is 22.2. The molecule has 3 rings (SSSR count). The molecule has 12 heteroatoms. The number of esters is 2. The Hall–Kier alpha value is -2.11. The predicted octanol–water partition coefficient (Wildman–Crippen LogP) is 4.15. The van der Waals surface area contributed by atoms with E-state index in [0.29, 0.717) is 6.42 Å². The van der Waals surface area contributed by atoms with Crippen LogP contribution < -0.4 is 5.73 Å². The van der Waals surface area contributed by atoms with Gasteiger partial charge in [0, 0.05) is 18.4 Å². The number of rotatable bonds is 15. The van der Waals surface area contributed by atoms with Crippen molar-refractivity contribution in [3.63, 3.8) is 0 Å². The molecule has 11 nitrogen and oxygen atoms in total. The normalized spacial score (nSPS) is 28.3. The second-order valence-electron chi connectivity index (χ2n) is 12.2. The average molecular weight is 640 g/mol. The smallest absolute Gasteiger partial charge is 0.462 e. The van der Waals surface area contributed by atoms with Crippen molar-refractivity contribution in [3.05, 3.63) is 48.6 Å². The van der Waals surface area contributed by atoms with Gasteiger partial charge in [-0.2, -0.15) is 0 Å². The molecule has 3 aliphatic rings. The van der Waals surface area contributed by atoms with Gasteiger partial charge in [-0.25, -0.2) is 9.36 Å². The van der Waals surface area contributed by atoms with Gasteiger partial charge in [0.15, 0.2) is 0 Å². The first-order chi connectivity index (χ1) is 20.9. The number of aliphatic hydroxyl groups excluding tert-OH is 1. The predicted molar refractivity (Wildman–Crippen MR) is 165 cm³/mol. The highest BCUT2D eigenvalue weighted by molar-refractivity contribution is 7.46. The van der Waals surface area contributed by atoms with Crippen molar-refractivity contribution < 1.29 is 48.2 Å². The number of hydrogen-bond donors (Lipinski definition) is 5. The van der Waals surface area contributed by atoms with Gasteiger partial charge in [0.05, 0.1) is 12.0 Å². The lowest BCUT2D eigenvalue weighted by Crippen LogP contribution is -2.45. The molecule has 0 spiro atoms. The summed E-state index contributed by atoms with van der Waals surface area (Å²) in [4.78, 5) is 43.5. The zero-order chi connectivity index (χ0) is 32.2. The number of nitrogens with two attached hydrogens (primary N) is 1. The Balaban J connectivity index is 1.61. The summed E-state index contributed by atoms with van der Waals surface area (Å²) >= 11 is 0. The third-order valence-corrected chi connectivity index (χ3v) is 9.27. The fourth-order valence-corrected chi connectivity index (χ4v) is 6.84. The van der Waals surface area contributed by atoms with E-state index in [0.717, 1.165) is 51.4 Å². The topological polar surface area (TPSA) is 186 Å². The molecule has 44 heavy (non-hydrogen) atoms. The van der Waals surface area contributed by atoms with Crippen LogP contribution in [-0.4, -0.2) is 68.5 Å². The van der Waals surface area contributed by atoms with Crippen molar-refractivity contribution in [3.8, 4) is 0 Å². The zero-order valence-corrected chi connectivity index (χ0v) is 26.5. The average Bonchev–Trinajstić information content (AvgIpc) is 2.98. The van der Waals surface area contributed by atoms with E-state index in [1.165, 1.54) is 30.7 Å². The van der Waals surface area contributed by atoms with Crippen LogP contribution in [0.4, 0.5) is 0 Å². The highest BCUT2D eigenvalue weighted by Gasteiger charge is 2.40. The van der Waals surface area contributed by atoms with E-state index in [1.807, 2.05) is 13.0 Å². The first-order valence-corrected chi connectivity index (χ1v) is 17.4. The highest BCUT2D eigenvalue weighted by Crippen LogP contribution is 2.42. The van der Waals surface area contributed by atoms with Crippen LogP contribution in [0, 0.1) is 17.8 Å². The molecule has 0 saturated heterocycles. The third kappa shape index (κ3) is 12.0. The molecule has 7 atom stereocenters. The van der Waals surface area contributed by atoms with E-state index >= 15 is 0 Å². The van der Waals surface area contributed by atoms with Crippen LogP contribution in [0.5, 0.6) is 0 Å². The maximum Gasteiger partial charge on any atom is 0.469 e. The maximum atomic E-state index is 12.6. The monoisotopic (exact) mass is 639 g/mol. The number of phosphoric acid groups is 1. The van der Waals surface area contributed by atoms with Crippen LogP contribution in [0.1, 0.15) is 84.0 Å². The van der Waals surface area contributed by atoms with Crippen LogP contribution in [0.3, 0.4) is 0 Å². The van der Waals surface area contributed by atoms with E-state index < -0.39 is 37.7 Å². The number of phosphoric ester groups is 1. The lowest BCUT2D eigenvalue weighted by molar-refractivity contribution is -0.157. The van der Waals surface area contributed by atoms with Crippen molar-refractivity contribution in [1.82, 2.24) is 0 Å². The van der Waals surface area contributed by atoms with E-state index in [1.54, 1.807) is 18.2 Å². The molecule has 7 unspecified atom stereocenters. The molecule has 0 bridgehead atoms. The maximum absolute atomic E-state index is 12.6. The molecule has 0 aromatic heterocycles. The van der Waals surface area contributed by atoms with Gasteiger partial charge in [-0.15, -0.1) is 0 Å². The fourth-order valence-electron chi connectivity index (χ4n) is 6.24. The molecule has 0 radical (unpaired) electrons. The lowest BCUT2D eigenvalue weighted by atomic mass is 9.86. The molecule has 2 aliphatic carbocycles. The van der Waals surface area contributed by atoms with Crippen LogP contribution in [0.15, 0.2) is 48.6 Å². The van der Waals surface area contributed by atoms with Crippen molar-refractivity contribution in [1.29, 1.82) is 0 Å². The minimum absolute atomic E-state index is 0.0238. The van der Waals surface area contributed by atoms with Gasteiger partial charge in [0.2, 0.25) is 0 Å². The van der Waals surface area contributed by atoms with Crippen molar-refractivity contribution in [2.45, 2.75) is 114 Å². The van der Waals surface area contributed by atoms with E-state index in [9.17, 15) is 34.2 Å². The minimum Gasteiger partial charge on any atom is -0.462 e. The van der Waals surface area contributed by atoms with Gasteiger partial charge < -0.3 is 35.2 Å². The Bertz CT molecular complexity index is 1090. The molecular formula is C32H50NO10P. The quantitative estimate of drug-likeness (QED) is 0.0750. The number of carbonyl (C=O) groups is 2. The highest BCUT2D eigenvalue weighted by atomic mass is 31.2. The number of aliphatic hydroxyl groups is 2. The SMILES string of the molecule is CCC1C=CC(=O)OC1C=CC(O)(CCN)C(CC(O)C=CC=CC1CCCC(OC(=O)C2CCCCC2)C1)OP(=O)(O)O. The van der Waals surface area contributed by atoms with Crippen LogP contribution in [0.2, 0.25) is 0 Å². The summed E-state index contributed by atoms with van der Waals surface area (Å²) in [6.45, 7) is 1.87. The Kier molecular flexibility index (Phi) is 14.5. The molecule has 1 heterocycles. The summed E-state index contributed by atoms with van der Waals surface area (Å²) in [6.07, 6.45) is 18.0. The van der Waals surface area contributed by atoms with Gasteiger partial charge in [0.25, 0.3) is 0 Å². The number of allylic oxidation sites excluding steroid dienone is 3. The molecule has 2 saturated carbocycles. The second-order valence-corrected chi connectivity index (χ2v) is 13.4. The standard InChI is InChI=1S/C32H50NO10P/c1-2-24-15-16-30(35)42-28(24)17-18-32(37,19-20-33)29(43-44(38,39)40)22-26(34)13-7-6-9-23-10-8-14-27(21-23)41-31(36)25-11-4-3-5-12-25/h6-7,9,13,15-18,23-29,34,37H,2-5,8,10-12,14,19-22,33H2,1H3,(H2,38,39,40). The Morgan fingerprint density at radius 2 is 1.91 bits per heavy atom. The summed E-state index contributed by atoms with van der Waals surface area (Å²) in [5.41, 5.74) is 3.75. The van der Waals surface area contributed by atoms with E-state index in [4.69, 9.17) is 19.7 Å². The lowest BCUT2D eigenvalue weighted by Gasteiger charge is -2.35. The van der Waals surface area contributed by atoms with E-state index in [-0.39, 0.29) is 49.2 Å². The number of cyclic esters (lactones) is 1. The van der Waals surface area contributed by atoms with Crippen LogP contribution >= 0.6 is 7.82 Å². The number of hydrogen-bond acceptors (Lipinski definition) is 9. The summed E-state index contributed by atoms with van der Waals surface area (Å²) in [7, 11) is -5.07. The molecule has 248 valence electrons. The third-order valence-electron chi connectivity index (χ3n) is 8.74. The molecular weight excluding hydrogens is 589 g/mol. The van der Waals surface area contributed by atoms with Gasteiger partial charge >= 0.3 is 19.8 Å². The summed E-state index contributed by atoms with van der Waals surface area (Å²) < 4.78 is 28.0. The van der Waals surface area contributed by atoms with Crippen molar-refractivity contribution in [2.24, 2.45) is 23.5 Å². The molecule has 2 fully saturated rings. The summed E-state index contributed by atoms with van der Waals surface area (Å²) in [6, 6.07) is 0. The molecule has 0 aromatic rings. The minimum atomic E-state index is -5.07. The fraction of sp³-hybridized carbons (Fsp3) is 0.688. The van der Waals surface area contributed by atoms with Crippen LogP contribution in [0.25, 0.3) is 0 Å². The second kappa shape index (κ2) is 17.5. The Morgan fingerprint density at radius 3 is 2.59 bits per heavy atom. The van der Waals surface area contributed by atoms with Crippen molar-refractivity contribution in [2.75, 3.05) is 6.54 Å². The van der Waals surface area contributed by atoms with Crippen LogP contribution in [-0.2, 0) is 28.2 Å². The molecule has 1 aliphatic heterocycles. The molecule has 0 amide bonds. The molecule has 0 aromatic carbocycles. The number of ether oxygens (including phenoxy) is 2. The number of carbonyl (C=O) groups excluding carboxylic acids is 2. The largest absolute Gasteiger partial charge is 0.469 e. The van der Waals surface area contributed by atoms with Gasteiger partial charge in [0.1, 0.15) is 23.9 Å². The Morgan fingerprint density at radius 1 is 1.16 bits per heavy atom. The Labute approximate surface area is 260 Å². The first kappa shape index (κ1) is 36.4. The molecule has 6 N–H and O–H groups in total. The van der Waals surface area contributed by atoms with Gasteiger partial charge in [-0.05, 0) is 69.9 Å².